The zero-order chi connectivity index (χ0) is 24.7. The maximum absolute atomic E-state index is 13.6. The first-order chi connectivity index (χ1) is 16.8. The summed E-state index contributed by atoms with van der Waals surface area (Å²) in [6, 6.07) is 11.1. The topological polar surface area (TPSA) is 108 Å². The highest BCUT2D eigenvalue weighted by molar-refractivity contribution is 6.31. The molecule has 0 aliphatic heterocycles. The number of halogens is 1. The van der Waals surface area contributed by atoms with E-state index in [1.165, 1.54) is 10.9 Å². The lowest BCUT2D eigenvalue weighted by molar-refractivity contribution is -0.116. The van der Waals surface area contributed by atoms with E-state index in [0.29, 0.717) is 39.9 Å². The van der Waals surface area contributed by atoms with Crippen molar-refractivity contribution in [3.8, 4) is 0 Å². The molecule has 2 aromatic carbocycles. The van der Waals surface area contributed by atoms with Crippen LogP contribution in [-0.2, 0) is 24.3 Å². The molecule has 10 heteroatoms. The third-order valence-electron chi connectivity index (χ3n) is 5.87. The number of hydrogen-bond donors (Lipinski definition) is 1. The first-order valence-electron chi connectivity index (χ1n) is 11.2. The van der Waals surface area contributed by atoms with E-state index in [1.807, 2.05) is 45.0 Å². The number of aryl methyl sites for hydroxylation is 3. The van der Waals surface area contributed by atoms with Gasteiger partial charge in [-0.15, -0.1) is 0 Å². The molecule has 0 spiro atoms. The first kappa shape index (κ1) is 22.8. The van der Waals surface area contributed by atoms with Crippen molar-refractivity contribution >= 4 is 45.1 Å². The molecule has 0 aliphatic rings. The van der Waals surface area contributed by atoms with Gasteiger partial charge in [0.1, 0.15) is 24.1 Å². The van der Waals surface area contributed by atoms with E-state index in [-0.39, 0.29) is 24.6 Å². The lowest BCUT2D eigenvalue weighted by Gasteiger charge is -2.10. The summed E-state index contributed by atoms with van der Waals surface area (Å²) >= 11 is 6.20. The van der Waals surface area contributed by atoms with Gasteiger partial charge in [0, 0.05) is 22.5 Å². The van der Waals surface area contributed by atoms with Crippen LogP contribution in [-0.4, -0.2) is 30.2 Å². The largest absolute Gasteiger partial charge is 0.337 e. The van der Waals surface area contributed by atoms with Crippen LogP contribution in [0.5, 0.6) is 0 Å². The van der Waals surface area contributed by atoms with Crippen molar-refractivity contribution < 1.29 is 9.32 Å². The van der Waals surface area contributed by atoms with Crippen LogP contribution in [0.1, 0.15) is 29.8 Å². The minimum atomic E-state index is -0.300. The fourth-order valence-electron chi connectivity index (χ4n) is 4.05. The van der Waals surface area contributed by atoms with Gasteiger partial charge in [-0.05, 0) is 43.7 Å². The minimum absolute atomic E-state index is 0.0734. The van der Waals surface area contributed by atoms with Gasteiger partial charge < -0.3 is 14.4 Å². The number of nitrogens with one attached hydrogen (secondary N) is 1. The van der Waals surface area contributed by atoms with Crippen molar-refractivity contribution in [1.82, 2.24) is 24.3 Å². The van der Waals surface area contributed by atoms with Gasteiger partial charge in [-0.3, -0.25) is 14.2 Å². The van der Waals surface area contributed by atoms with Crippen molar-refractivity contribution in [3.05, 3.63) is 80.9 Å². The standard InChI is InChI=1S/C25H23ClN6O3/c1-4-20-29-22(35-30-20)12-31-13-27-23-17-9-14(2)5-8-19(17)32(24(23)25(31)34)11-21(33)28-16-7-6-15(3)18(26)10-16/h5-10,13H,4,11-12H2,1-3H3,(H,28,33). The van der Waals surface area contributed by atoms with Gasteiger partial charge in [-0.1, -0.05) is 41.4 Å². The third-order valence-corrected chi connectivity index (χ3v) is 6.28. The Balaban J connectivity index is 1.57. The van der Waals surface area contributed by atoms with Crippen LogP contribution in [0.25, 0.3) is 21.9 Å². The van der Waals surface area contributed by atoms with Gasteiger partial charge >= 0.3 is 0 Å². The van der Waals surface area contributed by atoms with Gasteiger partial charge in [0.05, 0.1) is 11.8 Å². The molecule has 35 heavy (non-hydrogen) atoms. The lowest BCUT2D eigenvalue weighted by Crippen LogP contribution is -2.25. The van der Waals surface area contributed by atoms with Crippen LogP contribution < -0.4 is 10.9 Å². The van der Waals surface area contributed by atoms with Crippen molar-refractivity contribution in [2.75, 3.05) is 5.32 Å². The molecule has 3 aromatic heterocycles. The second kappa shape index (κ2) is 8.99. The zero-order valence-corrected chi connectivity index (χ0v) is 20.3. The molecule has 0 saturated heterocycles. The Morgan fingerprint density at radius 3 is 2.74 bits per heavy atom. The number of anilines is 1. The number of rotatable bonds is 6. The van der Waals surface area contributed by atoms with Gasteiger partial charge in [0.25, 0.3) is 5.56 Å². The van der Waals surface area contributed by atoms with Crippen molar-refractivity contribution in [3.63, 3.8) is 0 Å². The van der Waals surface area contributed by atoms with E-state index in [4.69, 9.17) is 16.1 Å². The van der Waals surface area contributed by atoms with Crippen LogP contribution >= 0.6 is 11.6 Å². The van der Waals surface area contributed by atoms with E-state index in [1.54, 1.807) is 16.7 Å². The summed E-state index contributed by atoms with van der Waals surface area (Å²) in [5, 5.41) is 8.12. The number of benzene rings is 2. The number of amides is 1. The normalized spacial score (nSPS) is 11.4. The Hall–Kier alpha value is -3.98. The molecule has 0 atom stereocenters. The van der Waals surface area contributed by atoms with Crippen LogP contribution in [0.15, 0.2) is 52.0 Å². The monoisotopic (exact) mass is 490 g/mol. The summed E-state index contributed by atoms with van der Waals surface area (Å²) in [6.45, 7) is 5.80. The van der Waals surface area contributed by atoms with E-state index in [2.05, 4.69) is 20.4 Å². The molecule has 0 aliphatic carbocycles. The molecule has 0 bridgehead atoms. The number of carbonyl (C=O) groups excluding carboxylic acids is 1. The second-order valence-electron chi connectivity index (χ2n) is 8.45. The number of hydrogen-bond acceptors (Lipinski definition) is 6. The van der Waals surface area contributed by atoms with Gasteiger partial charge in [-0.25, -0.2) is 4.98 Å². The third kappa shape index (κ3) is 4.30. The molecule has 0 radical (unpaired) electrons. The highest BCUT2D eigenvalue weighted by atomic mass is 35.5. The summed E-state index contributed by atoms with van der Waals surface area (Å²) in [5.74, 6) is 0.598. The van der Waals surface area contributed by atoms with E-state index < -0.39 is 0 Å². The molecule has 9 nitrogen and oxygen atoms in total. The zero-order valence-electron chi connectivity index (χ0n) is 19.5. The molecule has 5 aromatic rings. The first-order valence-corrected chi connectivity index (χ1v) is 11.6. The Kier molecular flexibility index (Phi) is 5.86. The van der Waals surface area contributed by atoms with Crippen molar-refractivity contribution in [2.24, 2.45) is 0 Å². The molecule has 3 heterocycles. The summed E-state index contributed by atoms with van der Waals surface area (Å²) in [5.41, 5.74) is 3.85. The van der Waals surface area contributed by atoms with E-state index in [0.717, 1.165) is 22.0 Å². The maximum Gasteiger partial charge on any atom is 0.278 e. The smallest absolute Gasteiger partial charge is 0.278 e. The molecule has 5 rings (SSSR count). The Morgan fingerprint density at radius 1 is 1.17 bits per heavy atom. The number of aromatic nitrogens is 5. The minimum Gasteiger partial charge on any atom is -0.337 e. The lowest BCUT2D eigenvalue weighted by atomic mass is 10.1. The molecule has 0 saturated carbocycles. The summed E-state index contributed by atoms with van der Waals surface area (Å²) in [6.07, 6.45) is 2.10. The highest BCUT2D eigenvalue weighted by Crippen LogP contribution is 2.27. The van der Waals surface area contributed by atoms with Crippen LogP contribution in [0, 0.1) is 13.8 Å². The summed E-state index contributed by atoms with van der Waals surface area (Å²) in [7, 11) is 0. The SMILES string of the molecule is CCc1noc(Cn2cnc3c4cc(C)ccc4n(CC(=O)Nc4ccc(C)c(Cl)c4)c3c2=O)n1. The van der Waals surface area contributed by atoms with Crippen molar-refractivity contribution in [2.45, 2.75) is 40.3 Å². The molecule has 0 unspecified atom stereocenters. The van der Waals surface area contributed by atoms with E-state index >= 15 is 0 Å². The number of nitrogens with zero attached hydrogens (tertiary/aromatic N) is 5. The van der Waals surface area contributed by atoms with Crippen molar-refractivity contribution in [1.29, 1.82) is 0 Å². The van der Waals surface area contributed by atoms with Gasteiger partial charge in [-0.2, -0.15) is 4.98 Å². The van der Waals surface area contributed by atoms with Crippen LogP contribution in [0.3, 0.4) is 0 Å². The fraction of sp³-hybridized carbons (Fsp3) is 0.240. The second-order valence-corrected chi connectivity index (χ2v) is 8.86. The predicted molar refractivity (Wildman–Crippen MR) is 134 cm³/mol. The average Bonchev–Trinajstić information content (AvgIpc) is 3.41. The maximum atomic E-state index is 13.6. The molecular weight excluding hydrogens is 468 g/mol. The number of carbonyl (C=O) groups is 1. The van der Waals surface area contributed by atoms with E-state index in [9.17, 15) is 9.59 Å². The summed E-state index contributed by atoms with van der Waals surface area (Å²) < 4.78 is 8.36. The van der Waals surface area contributed by atoms with Crippen LogP contribution in [0.4, 0.5) is 5.69 Å². The average molecular weight is 491 g/mol. The molecular formula is C25H23ClN6O3. The highest BCUT2D eigenvalue weighted by Gasteiger charge is 2.19. The molecule has 1 N–H and O–H groups in total. The predicted octanol–water partition coefficient (Wildman–Crippen LogP) is 4.25. The summed E-state index contributed by atoms with van der Waals surface area (Å²) in [4.78, 5) is 35.4. The van der Waals surface area contributed by atoms with Gasteiger partial charge in [0.15, 0.2) is 5.82 Å². The molecule has 0 fully saturated rings. The Labute approximate surface area is 205 Å². The Morgan fingerprint density at radius 2 is 2.00 bits per heavy atom. The quantitative estimate of drug-likeness (QED) is 0.381. The molecule has 1 amide bonds. The molecule has 178 valence electrons. The number of fused-ring (bicyclic) bond motifs is 3. The van der Waals surface area contributed by atoms with Crippen LogP contribution in [0.2, 0.25) is 5.02 Å². The fourth-order valence-corrected chi connectivity index (χ4v) is 4.23. The van der Waals surface area contributed by atoms with Gasteiger partial charge in [0.2, 0.25) is 11.8 Å². The Bertz CT molecular complexity index is 1650.